The Morgan fingerprint density at radius 1 is 0.914 bits per heavy atom. The number of carbonyl (C=O) groups is 3. The number of rotatable bonds is 11. The van der Waals surface area contributed by atoms with Crippen LogP contribution in [0.15, 0.2) is 48.5 Å². The molecule has 2 amide bonds. The number of carboxylic acids is 1. The molecule has 2 aliphatic rings. The molecule has 9 heteroatoms. The number of hydrogen-bond donors (Lipinski definition) is 3. The lowest BCUT2D eigenvalue weighted by atomic mass is 9.98. The van der Waals surface area contributed by atoms with E-state index in [4.69, 9.17) is 9.84 Å². The fraction of sp³-hybridized carbons (Fsp3) is 0.423. The molecule has 0 saturated heterocycles. The number of carbonyl (C=O) groups excluding carboxylic acids is 2. The molecule has 0 radical (unpaired) electrons. The van der Waals surface area contributed by atoms with Gasteiger partial charge in [-0.2, -0.15) is 0 Å². The van der Waals surface area contributed by atoms with Gasteiger partial charge < -0.3 is 20.5 Å². The first-order chi connectivity index (χ1) is 16.8. The van der Waals surface area contributed by atoms with Crippen molar-refractivity contribution < 1.29 is 33.0 Å². The highest BCUT2D eigenvalue weighted by Crippen LogP contribution is 2.54. The van der Waals surface area contributed by atoms with Gasteiger partial charge in [-0.05, 0) is 35.1 Å². The van der Waals surface area contributed by atoms with Crippen LogP contribution in [-0.2, 0) is 14.3 Å². The second-order valence-corrected chi connectivity index (χ2v) is 8.96. The number of amides is 2. The summed E-state index contributed by atoms with van der Waals surface area (Å²) in [4.78, 5) is 34.7. The molecule has 3 N–H and O–H groups in total. The van der Waals surface area contributed by atoms with Gasteiger partial charge in [-0.3, -0.25) is 9.59 Å². The maximum Gasteiger partial charge on any atom is 0.407 e. The molecule has 2 aliphatic carbocycles. The van der Waals surface area contributed by atoms with Crippen LogP contribution in [0.2, 0.25) is 0 Å². The van der Waals surface area contributed by atoms with Crippen molar-refractivity contribution in [2.75, 3.05) is 19.7 Å². The summed E-state index contributed by atoms with van der Waals surface area (Å²) >= 11 is 0. The monoisotopic (exact) mass is 486 g/mol. The van der Waals surface area contributed by atoms with Gasteiger partial charge in [0.25, 0.3) is 5.92 Å². The Bertz CT molecular complexity index is 1060. The number of halogens is 2. The molecule has 2 aromatic rings. The first kappa shape index (κ1) is 24.6. The molecule has 35 heavy (non-hydrogen) atoms. The van der Waals surface area contributed by atoms with Gasteiger partial charge in [0, 0.05) is 25.4 Å². The van der Waals surface area contributed by atoms with E-state index in [1.807, 2.05) is 24.3 Å². The van der Waals surface area contributed by atoms with Gasteiger partial charge >= 0.3 is 12.1 Å². The Morgan fingerprint density at radius 2 is 1.54 bits per heavy atom. The fourth-order valence-corrected chi connectivity index (χ4v) is 4.72. The van der Waals surface area contributed by atoms with E-state index in [0.29, 0.717) is 25.8 Å². The molecular weight excluding hydrogens is 458 g/mol. The number of hydrogen-bond acceptors (Lipinski definition) is 4. The summed E-state index contributed by atoms with van der Waals surface area (Å²) in [6, 6.07) is 16.2. The highest BCUT2D eigenvalue weighted by atomic mass is 19.3. The SMILES string of the molecule is O=C(CCCCCNC(=O)OCC1c2ccccc2-c2ccccc21)NCC1C(C(=O)O)C1(F)F. The van der Waals surface area contributed by atoms with E-state index in [1.54, 1.807) is 0 Å². The number of benzene rings is 2. The van der Waals surface area contributed by atoms with Crippen LogP contribution < -0.4 is 10.6 Å². The Balaban J connectivity index is 1.09. The molecule has 0 spiro atoms. The summed E-state index contributed by atoms with van der Waals surface area (Å²) in [5.41, 5.74) is 4.61. The molecule has 2 atom stereocenters. The van der Waals surface area contributed by atoms with Gasteiger partial charge in [0.15, 0.2) is 0 Å². The van der Waals surface area contributed by atoms with Crippen LogP contribution in [0.25, 0.3) is 11.1 Å². The van der Waals surface area contributed by atoms with E-state index >= 15 is 0 Å². The smallest absolute Gasteiger partial charge is 0.407 e. The third-order valence-corrected chi connectivity index (χ3v) is 6.68. The summed E-state index contributed by atoms with van der Waals surface area (Å²) in [5, 5.41) is 13.8. The van der Waals surface area contributed by atoms with Crippen LogP contribution in [0.3, 0.4) is 0 Å². The Kier molecular flexibility index (Phi) is 7.33. The summed E-state index contributed by atoms with van der Waals surface area (Å²) < 4.78 is 32.1. The van der Waals surface area contributed by atoms with Crippen LogP contribution in [0, 0.1) is 11.8 Å². The molecule has 2 unspecified atom stereocenters. The number of aliphatic carboxylic acids is 1. The minimum Gasteiger partial charge on any atom is -0.481 e. The number of carboxylic acid groups (broad SMARTS) is 1. The zero-order valence-corrected chi connectivity index (χ0v) is 19.1. The predicted octanol–water partition coefficient (Wildman–Crippen LogP) is 4.17. The quantitative estimate of drug-likeness (QED) is 0.414. The normalized spacial score (nSPS) is 19.4. The van der Waals surface area contributed by atoms with Gasteiger partial charge in [-0.15, -0.1) is 0 Å². The van der Waals surface area contributed by atoms with E-state index in [1.165, 1.54) is 0 Å². The molecule has 2 aromatic carbocycles. The van der Waals surface area contributed by atoms with E-state index in [9.17, 15) is 23.2 Å². The Hall–Kier alpha value is -3.49. The maximum absolute atomic E-state index is 13.3. The molecule has 0 heterocycles. The Labute approximate surface area is 201 Å². The zero-order chi connectivity index (χ0) is 25.0. The standard InChI is InChI=1S/C26H28F2N2O5/c27-26(28)21(23(26)24(32)33)14-30-22(31)12-2-1-7-13-29-25(34)35-15-20-18-10-5-3-8-16(18)17-9-4-6-11-19(17)20/h3-6,8-11,20-21,23H,1-2,7,12-15H2,(H,29,34)(H,30,31)(H,32,33). The highest BCUT2D eigenvalue weighted by Gasteiger charge is 2.72. The second kappa shape index (κ2) is 10.4. The van der Waals surface area contributed by atoms with Gasteiger partial charge in [0.2, 0.25) is 5.91 Å². The molecule has 7 nitrogen and oxygen atoms in total. The number of alkyl carbamates (subject to hydrolysis) is 1. The fourth-order valence-electron chi connectivity index (χ4n) is 4.72. The largest absolute Gasteiger partial charge is 0.481 e. The van der Waals surface area contributed by atoms with E-state index in [2.05, 4.69) is 34.9 Å². The molecule has 0 aromatic heterocycles. The molecule has 1 saturated carbocycles. The minimum absolute atomic E-state index is 0.00645. The molecule has 0 aliphatic heterocycles. The number of nitrogens with one attached hydrogen (secondary N) is 2. The molecular formula is C26H28F2N2O5. The zero-order valence-electron chi connectivity index (χ0n) is 19.1. The third-order valence-electron chi connectivity index (χ3n) is 6.68. The van der Waals surface area contributed by atoms with Crippen LogP contribution in [0.1, 0.15) is 42.7 Å². The van der Waals surface area contributed by atoms with E-state index < -0.39 is 29.8 Å². The van der Waals surface area contributed by atoms with E-state index in [0.717, 1.165) is 22.3 Å². The highest BCUT2D eigenvalue weighted by molar-refractivity contribution is 5.79. The second-order valence-electron chi connectivity index (χ2n) is 8.96. The number of fused-ring (bicyclic) bond motifs is 3. The van der Waals surface area contributed by atoms with Crippen LogP contribution in [0.4, 0.5) is 13.6 Å². The van der Waals surface area contributed by atoms with Crippen molar-refractivity contribution >= 4 is 18.0 Å². The van der Waals surface area contributed by atoms with Crippen molar-refractivity contribution in [3.8, 4) is 11.1 Å². The van der Waals surface area contributed by atoms with Crippen LogP contribution in [0.5, 0.6) is 0 Å². The maximum atomic E-state index is 13.3. The van der Waals surface area contributed by atoms with E-state index in [-0.39, 0.29) is 31.4 Å². The number of unbranched alkanes of at least 4 members (excludes halogenated alkanes) is 2. The summed E-state index contributed by atoms with van der Waals surface area (Å²) in [6.07, 6.45) is 1.49. The van der Waals surface area contributed by atoms with Crippen molar-refractivity contribution in [3.05, 3.63) is 59.7 Å². The minimum atomic E-state index is -3.26. The lowest BCUT2D eigenvalue weighted by molar-refractivity contribution is -0.141. The number of ether oxygens (including phenoxy) is 1. The van der Waals surface area contributed by atoms with Crippen molar-refractivity contribution in [3.63, 3.8) is 0 Å². The van der Waals surface area contributed by atoms with Crippen molar-refractivity contribution in [2.45, 2.75) is 37.5 Å². The lowest BCUT2D eigenvalue weighted by Gasteiger charge is -2.14. The molecule has 186 valence electrons. The van der Waals surface area contributed by atoms with Crippen molar-refractivity contribution in [2.24, 2.45) is 11.8 Å². The summed E-state index contributed by atoms with van der Waals surface area (Å²) in [7, 11) is 0. The first-order valence-electron chi connectivity index (χ1n) is 11.8. The van der Waals surface area contributed by atoms with Gasteiger partial charge in [0.1, 0.15) is 12.5 Å². The van der Waals surface area contributed by atoms with Crippen LogP contribution in [-0.4, -0.2) is 48.7 Å². The first-order valence-corrected chi connectivity index (χ1v) is 11.8. The third kappa shape index (κ3) is 5.44. The van der Waals surface area contributed by atoms with Gasteiger partial charge in [-0.1, -0.05) is 55.0 Å². The van der Waals surface area contributed by atoms with Crippen LogP contribution >= 0.6 is 0 Å². The summed E-state index contributed by atoms with van der Waals surface area (Å²) in [5.74, 6) is -8.26. The molecule has 0 bridgehead atoms. The van der Waals surface area contributed by atoms with Gasteiger partial charge in [0.05, 0.1) is 5.92 Å². The van der Waals surface area contributed by atoms with Crippen molar-refractivity contribution in [1.82, 2.24) is 10.6 Å². The van der Waals surface area contributed by atoms with Gasteiger partial charge in [-0.25, -0.2) is 13.6 Å². The molecule has 4 rings (SSSR count). The lowest BCUT2D eigenvalue weighted by Crippen LogP contribution is -2.27. The predicted molar refractivity (Wildman–Crippen MR) is 124 cm³/mol. The molecule has 1 fully saturated rings. The average molecular weight is 487 g/mol. The number of alkyl halides is 2. The van der Waals surface area contributed by atoms with Crippen molar-refractivity contribution in [1.29, 1.82) is 0 Å². The topological polar surface area (TPSA) is 105 Å². The summed E-state index contributed by atoms with van der Waals surface area (Å²) in [6.45, 7) is 0.293. The average Bonchev–Trinajstić information content (AvgIpc) is 3.25. The Morgan fingerprint density at radius 3 is 2.14 bits per heavy atom.